The summed E-state index contributed by atoms with van der Waals surface area (Å²) in [5.74, 6) is 0.997. The molecule has 0 spiro atoms. The molecular weight excluding hydrogens is 274 g/mol. The van der Waals surface area contributed by atoms with E-state index in [1.54, 1.807) is 0 Å². The summed E-state index contributed by atoms with van der Waals surface area (Å²) in [5, 5.41) is 19.5. The Bertz CT molecular complexity index is 506. The minimum absolute atomic E-state index is 0.272. The minimum Gasteiger partial charge on any atom is -0.391 e. The van der Waals surface area contributed by atoms with Crippen molar-refractivity contribution in [2.24, 2.45) is 17.3 Å². The van der Waals surface area contributed by atoms with Gasteiger partial charge in [-0.05, 0) is 63.2 Å². The second-order valence-electron chi connectivity index (χ2n) is 7.02. The van der Waals surface area contributed by atoms with E-state index in [1.165, 1.54) is 0 Å². The van der Waals surface area contributed by atoms with E-state index >= 15 is 0 Å². The molecule has 0 aliphatic heterocycles. The summed E-state index contributed by atoms with van der Waals surface area (Å²) < 4.78 is 24.6. The highest BCUT2D eigenvalue weighted by molar-refractivity contribution is 7.92. The van der Waals surface area contributed by atoms with Crippen LogP contribution in [0.1, 0.15) is 51.4 Å². The van der Waals surface area contributed by atoms with E-state index < -0.39 is 21.4 Å². The molecule has 1 atom stereocenters. The predicted molar refractivity (Wildman–Crippen MR) is 75.5 cm³/mol. The zero-order chi connectivity index (χ0) is 14.4. The van der Waals surface area contributed by atoms with Gasteiger partial charge in [0, 0.05) is 0 Å². The van der Waals surface area contributed by atoms with Gasteiger partial charge in [-0.25, -0.2) is 8.42 Å². The zero-order valence-corrected chi connectivity index (χ0v) is 12.6. The summed E-state index contributed by atoms with van der Waals surface area (Å²) in [4.78, 5) is 0. The lowest BCUT2D eigenvalue weighted by Gasteiger charge is -2.38. The Morgan fingerprint density at radius 3 is 2.20 bits per heavy atom. The van der Waals surface area contributed by atoms with E-state index in [2.05, 4.69) is 6.07 Å². The number of aliphatic hydroxyl groups excluding tert-OH is 1. The van der Waals surface area contributed by atoms with Crippen LogP contribution in [0.5, 0.6) is 0 Å². The molecule has 3 rings (SSSR count). The predicted octanol–water partition coefficient (Wildman–Crippen LogP) is 2.03. The van der Waals surface area contributed by atoms with E-state index in [0.29, 0.717) is 37.4 Å². The summed E-state index contributed by atoms with van der Waals surface area (Å²) in [5.41, 5.74) is -0.688. The molecule has 0 bridgehead atoms. The number of hydrogen-bond acceptors (Lipinski definition) is 4. The third-order valence-corrected chi connectivity index (χ3v) is 7.78. The standard InChI is InChI=1S/C15H23NO3S/c16-10-15(14(17)12-3-4-12)7-5-13(6-8-15)20(18,19)9-11-1-2-11/h11-14,17H,1-9H2. The Kier molecular flexibility index (Phi) is 3.58. The molecule has 0 aromatic carbocycles. The molecule has 1 unspecified atom stereocenters. The largest absolute Gasteiger partial charge is 0.391 e. The number of hydrogen-bond donors (Lipinski definition) is 1. The van der Waals surface area contributed by atoms with Crippen molar-refractivity contribution < 1.29 is 13.5 Å². The first kappa shape index (κ1) is 14.3. The van der Waals surface area contributed by atoms with Crippen molar-refractivity contribution in [3.05, 3.63) is 0 Å². The van der Waals surface area contributed by atoms with E-state index in [9.17, 15) is 18.8 Å². The Hall–Kier alpha value is -0.600. The monoisotopic (exact) mass is 297 g/mol. The number of sulfone groups is 1. The molecule has 3 fully saturated rings. The topological polar surface area (TPSA) is 78.2 Å². The lowest BCUT2D eigenvalue weighted by atomic mass is 9.70. The van der Waals surface area contributed by atoms with Crippen LogP contribution >= 0.6 is 0 Å². The fourth-order valence-corrected chi connectivity index (χ4v) is 5.77. The SMILES string of the molecule is N#CC1(C(O)C2CC2)CCC(S(=O)(=O)CC2CC2)CC1. The van der Waals surface area contributed by atoms with Gasteiger partial charge in [-0.1, -0.05) is 0 Å². The molecule has 3 saturated carbocycles. The fraction of sp³-hybridized carbons (Fsp3) is 0.933. The number of rotatable bonds is 5. The molecule has 4 nitrogen and oxygen atoms in total. The van der Waals surface area contributed by atoms with Crippen molar-refractivity contribution >= 4 is 9.84 Å². The van der Waals surface area contributed by atoms with Crippen molar-refractivity contribution in [3.63, 3.8) is 0 Å². The highest BCUT2D eigenvalue weighted by Crippen LogP contribution is 2.48. The Labute approximate surface area is 121 Å². The average Bonchev–Trinajstić information content (AvgIpc) is 3.30. The maximum absolute atomic E-state index is 12.3. The zero-order valence-electron chi connectivity index (χ0n) is 11.8. The van der Waals surface area contributed by atoms with Crippen LogP contribution in [0.4, 0.5) is 0 Å². The average molecular weight is 297 g/mol. The molecule has 3 aliphatic carbocycles. The van der Waals surface area contributed by atoms with Crippen LogP contribution in [-0.2, 0) is 9.84 Å². The molecule has 0 aromatic heterocycles. The second-order valence-corrected chi connectivity index (χ2v) is 9.35. The molecule has 0 radical (unpaired) electrons. The van der Waals surface area contributed by atoms with Gasteiger partial charge in [0.1, 0.15) is 0 Å². The van der Waals surface area contributed by atoms with Crippen molar-refractivity contribution in [2.45, 2.75) is 62.7 Å². The van der Waals surface area contributed by atoms with E-state index in [1.807, 2.05) is 0 Å². The maximum Gasteiger partial charge on any atom is 0.153 e. The van der Waals surface area contributed by atoms with Crippen molar-refractivity contribution in [3.8, 4) is 6.07 Å². The van der Waals surface area contributed by atoms with Gasteiger partial charge in [-0.3, -0.25) is 0 Å². The second kappa shape index (κ2) is 4.99. The van der Waals surface area contributed by atoms with Gasteiger partial charge >= 0.3 is 0 Å². The maximum atomic E-state index is 12.3. The van der Waals surface area contributed by atoms with Gasteiger partial charge in [0.2, 0.25) is 0 Å². The third-order valence-electron chi connectivity index (χ3n) is 5.36. The van der Waals surface area contributed by atoms with Crippen molar-refractivity contribution in [1.82, 2.24) is 0 Å². The van der Waals surface area contributed by atoms with Crippen LogP contribution in [0.25, 0.3) is 0 Å². The minimum atomic E-state index is -3.00. The third kappa shape index (κ3) is 2.73. The molecule has 0 aromatic rings. The van der Waals surface area contributed by atoms with Gasteiger partial charge in [-0.15, -0.1) is 0 Å². The summed E-state index contributed by atoms with van der Waals surface area (Å²) in [7, 11) is -3.00. The molecule has 0 saturated heterocycles. The van der Waals surface area contributed by atoms with Gasteiger partial charge in [0.05, 0.1) is 28.6 Å². The summed E-state index contributed by atoms with van der Waals surface area (Å²) in [6.07, 6.45) is 5.73. The molecule has 0 heterocycles. The molecule has 0 amide bonds. The molecular formula is C15H23NO3S. The van der Waals surface area contributed by atoms with Crippen LogP contribution in [0.2, 0.25) is 0 Å². The van der Waals surface area contributed by atoms with E-state index in [4.69, 9.17) is 0 Å². The van der Waals surface area contributed by atoms with Crippen LogP contribution in [-0.4, -0.2) is 30.6 Å². The highest BCUT2D eigenvalue weighted by atomic mass is 32.2. The molecule has 5 heteroatoms. The van der Waals surface area contributed by atoms with Crippen LogP contribution < -0.4 is 0 Å². The van der Waals surface area contributed by atoms with Crippen LogP contribution in [0, 0.1) is 28.6 Å². The Morgan fingerprint density at radius 1 is 1.15 bits per heavy atom. The first-order valence-electron chi connectivity index (χ1n) is 7.78. The van der Waals surface area contributed by atoms with E-state index in [0.717, 1.165) is 25.7 Å². The highest BCUT2D eigenvalue weighted by Gasteiger charge is 2.49. The number of aliphatic hydroxyl groups is 1. The summed E-state index contributed by atoms with van der Waals surface area (Å²) in [6, 6.07) is 2.32. The quantitative estimate of drug-likeness (QED) is 0.842. The number of nitrogens with zero attached hydrogens (tertiary/aromatic N) is 1. The lowest BCUT2D eigenvalue weighted by Crippen LogP contribution is -2.42. The Balaban J connectivity index is 1.64. The van der Waals surface area contributed by atoms with Gasteiger partial charge in [-0.2, -0.15) is 5.26 Å². The summed E-state index contributed by atoms with van der Waals surface area (Å²) >= 11 is 0. The fourth-order valence-electron chi connectivity index (χ4n) is 3.55. The first-order valence-corrected chi connectivity index (χ1v) is 9.49. The summed E-state index contributed by atoms with van der Waals surface area (Å²) in [6.45, 7) is 0. The van der Waals surface area contributed by atoms with Crippen molar-refractivity contribution in [1.29, 1.82) is 5.26 Å². The van der Waals surface area contributed by atoms with Crippen LogP contribution in [0.15, 0.2) is 0 Å². The van der Waals surface area contributed by atoms with Gasteiger partial charge in [0.15, 0.2) is 9.84 Å². The lowest BCUT2D eigenvalue weighted by molar-refractivity contribution is 0.0211. The normalized spacial score (nSPS) is 36.3. The molecule has 112 valence electrons. The van der Waals surface area contributed by atoms with Crippen LogP contribution in [0.3, 0.4) is 0 Å². The molecule has 1 N–H and O–H groups in total. The van der Waals surface area contributed by atoms with Gasteiger partial charge < -0.3 is 5.11 Å². The number of nitriles is 1. The Morgan fingerprint density at radius 2 is 1.75 bits per heavy atom. The smallest absolute Gasteiger partial charge is 0.153 e. The van der Waals surface area contributed by atoms with E-state index in [-0.39, 0.29) is 11.2 Å². The first-order chi connectivity index (χ1) is 9.47. The van der Waals surface area contributed by atoms with Gasteiger partial charge in [0.25, 0.3) is 0 Å². The molecule has 3 aliphatic rings. The van der Waals surface area contributed by atoms with Crippen molar-refractivity contribution in [2.75, 3.05) is 5.75 Å². The molecule has 20 heavy (non-hydrogen) atoms.